The molecule has 0 aliphatic heterocycles. The van der Waals surface area contributed by atoms with Gasteiger partial charge in [-0.15, -0.1) is 11.8 Å². The Hall–Kier alpha value is -2.44. The molecule has 5 nitrogen and oxygen atoms in total. The first-order valence-corrected chi connectivity index (χ1v) is 9.00. The molecule has 2 aromatic carbocycles. The van der Waals surface area contributed by atoms with Crippen LogP contribution in [-0.4, -0.2) is 21.8 Å². The van der Waals surface area contributed by atoms with Crippen molar-refractivity contribution in [2.45, 2.75) is 4.90 Å². The van der Waals surface area contributed by atoms with Crippen molar-refractivity contribution in [3.63, 3.8) is 0 Å². The number of pyridine rings is 1. The van der Waals surface area contributed by atoms with Crippen LogP contribution in [-0.2, 0) is 7.05 Å². The lowest BCUT2D eigenvalue weighted by molar-refractivity contribution is 0.102. The highest BCUT2D eigenvalue weighted by molar-refractivity contribution is 7.98. The van der Waals surface area contributed by atoms with E-state index in [4.69, 9.17) is 11.6 Å². The molecule has 0 saturated carbocycles. The molecule has 1 amide bonds. The van der Waals surface area contributed by atoms with Crippen molar-refractivity contribution in [3.8, 4) is 5.75 Å². The van der Waals surface area contributed by atoms with Crippen LogP contribution < -0.4 is 10.9 Å². The first kappa shape index (κ1) is 17.4. The van der Waals surface area contributed by atoms with E-state index in [1.807, 2.05) is 12.3 Å². The number of aromatic hydroxyl groups is 1. The van der Waals surface area contributed by atoms with E-state index in [1.165, 1.54) is 16.3 Å². The van der Waals surface area contributed by atoms with E-state index in [9.17, 15) is 14.7 Å². The van der Waals surface area contributed by atoms with Crippen LogP contribution >= 0.6 is 23.4 Å². The molecular formula is C18H15ClN2O3S. The van der Waals surface area contributed by atoms with E-state index < -0.39 is 11.5 Å². The van der Waals surface area contributed by atoms with E-state index in [2.05, 4.69) is 5.32 Å². The third kappa shape index (κ3) is 3.10. The SMILES string of the molecule is CSc1ccc2c(c1)c(O)c(C(=O)Nc1ccccc1Cl)c(=O)n2C. The molecule has 2 N–H and O–H groups in total. The number of rotatable bonds is 3. The lowest BCUT2D eigenvalue weighted by Gasteiger charge is -2.13. The van der Waals surface area contributed by atoms with Gasteiger partial charge in [0.25, 0.3) is 11.5 Å². The summed E-state index contributed by atoms with van der Waals surface area (Å²) in [5.74, 6) is -1.04. The van der Waals surface area contributed by atoms with Crippen LogP contribution in [0.1, 0.15) is 10.4 Å². The van der Waals surface area contributed by atoms with E-state index in [0.717, 1.165) is 4.90 Å². The Morgan fingerprint density at radius 3 is 2.64 bits per heavy atom. The van der Waals surface area contributed by atoms with Gasteiger partial charge >= 0.3 is 0 Å². The van der Waals surface area contributed by atoms with Gasteiger partial charge < -0.3 is 15.0 Å². The summed E-state index contributed by atoms with van der Waals surface area (Å²) in [7, 11) is 1.56. The molecule has 0 saturated heterocycles. The Morgan fingerprint density at radius 2 is 1.96 bits per heavy atom. The van der Waals surface area contributed by atoms with Crippen LogP contribution in [0.5, 0.6) is 5.75 Å². The Kier molecular flexibility index (Phi) is 4.74. The molecule has 0 bridgehead atoms. The van der Waals surface area contributed by atoms with Crippen LogP contribution in [0.4, 0.5) is 5.69 Å². The molecule has 3 aromatic rings. The molecule has 7 heteroatoms. The number of hydrogen-bond donors (Lipinski definition) is 2. The number of aromatic nitrogens is 1. The fraction of sp³-hybridized carbons (Fsp3) is 0.111. The first-order chi connectivity index (χ1) is 11.9. The molecule has 0 aliphatic rings. The molecule has 0 atom stereocenters. The monoisotopic (exact) mass is 374 g/mol. The number of carbonyl (C=O) groups is 1. The second-order valence-corrected chi connectivity index (χ2v) is 6.69. The van der Waals surface area contributed by atoms with E-state index >= 15 is 0 Å². The maximum Gasteiger partial charge on any atom is 0.267 e. The van der Waals surface area contributed by atoms with Crippen LogP contribution in [0.2, 0.25) is 5.02 Å². The maximum absolute atomic E-state index is 12.6. The summed E-state index contributed by atoms with van der Waals surface area (Å²) in [6.45, 7) is 0. The van der Waals surface area contributed by atoms with Gasteiger partial charge in [0.05, 0.1) is 16.2 Å². The van der Waals surface area contributed by atoms with Crippen molar-refractivity contribution in [2.75, 3.05) is 11.6 Å². The Balaban J connectivity index is 2.17. The number of nitrogens with one attached hydrogen (secondary N) is 1. The second kappa shape index (κ2) is 6.82. The number of carbonyl (C=O) groups excluding carboxylic acids is 1. The van der Waals surface area contributed by atoms with Gasteiger partial charge in [-0.05, 0) is 36.6 Å². The summed E-state index contributed by atoms with van der Waals surface area (Å²) in [6, 6.07) is 12.0. The fourth-order valence-electron chi connectivity index (χ4n) is 2.59. The van der Waals surface area contributed by atoms with Crippen molar-refractivity contribution in [1.29, 1.82) is 0 Å². The van der Waals surface area contributed by atoms with Gasteiger partial charge in [-0.2, -0.15) is 0 Å². The van der Waals surface area contributed by atoms with Crippen molar-refractivity contribution < 1.29 is 9.90 Å². The molecule has 3 rings (SSSR count). The van der Waals surface area contributed by atoms with Gasteiger partial charge in [0.1, 0.15) is 11.3 Å². The molecule has 1 heterocycles. The smallest absolute Gasteiger partial charge is 0.267 e. The molecule has 0 fully saturated rings. The van der Waals surface area contributed by atoms with E-state index in [-0.39, 0.29) is 11.3 Å². The number of aryl methyl sites for hydroxylation is 1. The van der Waals surface area contributed by atoms with Crippen LogP contribution in [0.15, 0.2) is 52.2 Å². The van der Waals surface area contributed by atoms with Crippen molar-refractivity contribution in [3.05, 3.63) is 63.4 Å². The molecule has 25 heavy (non-hydrogen) atoms. The van der Waals surface area contributed by atoms with Gasteiger partial charge in [-0.3, -0.25) is 9.59 Å². The average molecular weight is 375 g/mol. The molecule has 0 spiro atoms. The topological polar surface area (TPSA) is 71.3 Å². The Labute approximate surface area is 153 Å². The number of thioether (sulfide) groups is 1. The number of para-hydroxylation sites is 1. The van der Waals surface area contributed by atoms with Crippen LogP contribution in [0, 0.1) is 0 Å². The minimum Gasteiger partial charge on any atom is -0.506 e. The zero-order valence-corrected chi connectivity index (χ0v) is 15.1. The number of nitrogens with zero attached hydrogens (tertiary/aromatic N) is 1. The fourth-order valence-corrected chi connectivity index (χ4v) is 3.21. The van der Waals surface area contributed by atoms with Crippen LogP contribution in [0.3, 0.4) is 0 Å². The summed E-state index contributed by atoms with van der Waals surface area (Å²) < 4.78 is 1.35. The van der Waals surface area contributed by atoms with Gasteiger partial charge in [-0.1, -0.05) is 23.7 Å². The second-order valence-electron chi connectivity index (χ2n) is 5.40. The first-order valence-electron chi connectivity index (χ1n) is 7.39. The number of hydrogen-bond acceptors (Lipinski definition) is 4. The lowest BCUT2D eigenvalue weighted by Crippen LogP contribution is -2.28. The zero-order valence-electron chi connectivity index (χ0n) is 13.5. The molecule has 1 aromatic heterocycles. The summed E-state index contributed by atoms with van der Waals surface area (Å²) in [5, 5.41) is 13.9. The molecule has 0 radical (unpaired) electrons. The summed E-state index contributed by atoms with van der Waals surface area (Å²) in [5.41, 5.74) is 0.0304. The number of amides is 1. The minimum atomic E-state index is -0.706. The van der Waals surface area contributed by atoms with Gasteiger partial charge in [0, 0.05) is 17.3 Å². The lowest BCUT2D eigenvalue weighted by atomic mass is 10.1. The summed E-state index contributed by atoms with van der Waals surface area (Å²) >= 11 is 7.54. The number of anilines is 1. The summed E-state index contributed by atoms with van der Waals surface area (Å²) in [6.07, 6.45) is 1.91. The van der Waals surface area contributed by atoms with Crippen molar-refractivity contribution in [2.24, 2.45) is 7.05 Å². The van der Waals surface area contributed by atoms with Gasteiger partial charge in [0.15, 0.2) is 0 Å². The number of benzene rings is 2. The third-order valence-corrected chi connectivity index (χ3v) is 4.98. The Bertz CT molecular complexity index is 1050. The Morgan fingerprint density at radius 1 is 1.24 bits per heavy atom. The molecule has 0 unspecified atom stereocenters. The predicted molar refractivity (Wildman–Crippen MR) is 102 cm³/mol. The van der Waals surface area contributed by atoms with Gasteiger partial charge in [-0.25, -0.2) is 0 Å². The third-order valence-electron chi connectivity index (χ3n) is 3.92. The molecular weight excluding hydrogens is 360 g/mol. The average Bonchev–Trinajstić information content (AvgIpc) is 2.61. The number of fused-ring (bicyclic) bond motifs is 1. The van der Waals surface area contributed by atoms with Gasteiger partial charge in [0.2, 0.25) is 0 Å². The molecule has 128 valence electrons. The largest absolute Gasteiger partial charge is 0.506 e. The standard InChI is InChI=1S/C18H15ClN2O3S/c1-21-14-8-7-10(25-2)9-11(14)16(22)15(18(21)24)17(23)20-13-6-4-3-5-12(13)19/h3-9,22H,1-2H3,(H,20,23). The predicted octanol–water partition coefficient (Wildman–Crippen LogP) is 3.87. The van der Waals surface area contributed by atoms with E-state index in [0.29, 0.717) is 21.6 Å². The minimum absolute atomic E-state index is 0.312. The normalized spacial score (nSPS) is 10.8. The zero-order chi connectivity index (χ0) is 18.1. The molecule has 0 aliphatic carbocycles. The highest BCUT2D eigenvalue weighted by Crippen LogP contribution is 2.30. The maximum atomic E-state index is 12.6. The highest BCUT2D eigenvalue weighted by atomic mass is 35.5. The highest BCUT2D eigenvalue weighted by Gasteiger charge is 2.22. The van der Waals surface area contributed by atoms with Crippen molar-refractivity contribution in [1.82, 2.24) is 4.57 Å². The van der Waals surface area contributed by atoms with E-state index in [1.54, 1.807) is 43.4 Å². The van der Waals surface area contributed by atoms with Crippen LogP contribution in [0.25, 0.3) is 10.9 Å². The van der Waals surface area contributed by atoms with Crippen molar-refractivity contribution >= 4 is 45.9 Å². The number of halogens is 1. The summed E-state index contributed by atoms with van der Waals surface area (Å²) in [4.78, 5) is 26.1. The quantitative estimate of drug-likeness (QED) is 0.682.